The number of hydrogen-bond donors (Lipinski definition) is 3. The average molecular weight is 515 g/mol. The van der Waals surface area contributed by atoms with Gasteiger partial charge in [0.1, 0.15) is 0 Å². The fraction of sp³-hybridized carbons (Fsp3) is 0.571. The molecule has 0 bridgehead atoms. The fourth-order valence-corrected chi connectivity index (χ4v) is 5.94. The zero-order valence-corrected chi connectivity index (χ0v) is 22.7. The summed E-state index contributed by atoms with van der Waals surface area (Å²) in [6.07, 6.45) is 5.46. The van der Waals surface area contributed by atoms with Gasteiger partial charge in [-0.1, -0.05) is 18.5 Å². The number of ether oxygens (including phenoxy) is 1. The summed E-state index contributed by atoms with van der Waals surface area (Å²) < 4.78 is 5.53. The molecule has 1 aromatic carbocycles. The number of pyridine rings is 1. The molecule has 1 aliphatic carbocycles. The van der Waals surface area contributed by atoms with Crippen LogP contribution in [-0.4, -0.2) is 53.7 Å². The molecule has 1 saturated carbocycles. The number of morpholine rings is 1. The van der Waals surface area contributed by atoms with Crippen molar-refractivity contribution in [2.75, 3.05) is 31.6 Å². The number of aromatic nitrogens is 1. The normalized spacial score (nSPS) is 22.9. The molecule has 8 heteroatoms. The summed E-state index contributed by atoms with van der Waals surface area (Å²) >= 11 is 6.49. The van der Waals surface area contributed by atoms with Crippen LogP contribution in [0.2, 0.25) is 5.02 Å². The number of benzene rings is 1. The van der Waals surface area contributed by atoms with Gasteiger partial charge >= 0.3 is 0 Å². The molecule has 7 nitrogen and oxygen atoms in total. The molecule has 2 fully saturated rings. The average Bonchev–Trinajstić information content (AvgIpc) is 2.86. The van der Waals surface area contributed by atoms with Crippen molar-refractivity contribution in [2.45, 2.75) is 77.9 Å². The maximum Gasteiger partial charge on any atom is 0.253 e. The zero-order chi connectivity index (χ0) is 25.9. The molecule has 196 valence electrons. The van der Waals surface area contributed by atoms with Gasteiger partial charge in [-0.05, 0) is 82.2 Å². The maximum absolute atomic E-state index is 13.2. The van der Waals surface area contributed by atoms with Gasteiger partial charge in [0.05, 0.1) is 13.2 Å². The molecule has 0 unspecified atom stereocenters. The Morgan fingerprint density at radius 3 is 2.50 bits per heavy atom. The van der Waals surface area contributed by atoms with Gasteiger partial charge in [0.25, 0.3) is 11.5 Å². The Bertz CT molecular complexity index is 1150. The number of anilines is 1. The van der Waals surface area contributed by atoms with Crippen molar-refractivity contribution in [3.05, 3.63) is 61.5 Å². The molecule has 4 rings (SSSR count). The monoisotopic (exact) mass is 514 g/mol. The lowest BCUT2D eigenvalue weighted by Gasteiger charge is -2.45. The first-order valence-corrected chi connectivity index (χ1v) is 13.5. The molecule has 36 heavy (non-hydrogen) atoms. The molecule has 1 aliphatic heterocycles. The highest BCUT2D eigenvalue weighted by Crippen LogP contribution is 2.38. The van der Waals surface area contributed by atoms with Crippen LogP contribution in [-0.2, 0) is 11.3 Å². The van der Waals surface area contributed by atoms with E-state index in [1.54, 1.807) is 6.07 Å². The fourth-order valence-electron chi connectivity index (χ4n) is 5.73. The highest BCUT2D eigenvalue weighted by atomic mass is 35.5. The van der Waals surface area contributed by atoms with Crippen molar-refractivity contribution in [3.8, 4) is 0 Å². The van der Waals surface area contributed by atoms with Gasteiger partial charge in [-0.2, -0.15) is 0 Å². The van der Waals surface area contributed by atoms with Crippen LogP contribution in [0.1, 0.15) is 71.8 Å². The van der Waals surface area contributed by atoms with Crippen LogP contribution in [0.25, 0.3) is 0 Å². The first-order chi connectivity index (χ1) is 17.2. The molecule has 0 radical (unpaired) electrons. The summed E-state index contributed by atoms with van der Waals surface area (Å²) in [5, 5.41) is 7.25. The molecule has 3 N–H and O–H groups in total. The second-order valence-corrected chi connectivity index (χ2v) is 10.8. The lowest BCUT2D eigenvalue weighted by Crippen LogP contribution is -2.50. The van der Waals surface area contributed by atoms with Gasteiger partial charge in [0.15, 0.2) is 0 Å². The van der Waals surface area contributed by atoms with Crippen LogP contribution in [0.15, 0.2) is 23.0 Å². The minimum absolute atomic E-state index is 0.0156. The second-order valence-electron chi connectivity index (χ2n) is 10.4. The van der Waals surface area contributed by atoms with E-state index in [0.29, 0.717) is 22.2 Å². The van der Waals surface area contributed by atoms with E-state index in [-0.39, 0.29) is 23.6 Å². The quantitative estimate of drug-likeness (QED) is 0.497. The molecule has 1 amide bonds. The summed E-state index contributed by atoms with van der Waals surface area (Å²) in [4.78, 5) is 30.9. The van der Waals surface area contributed by atoms with E-state index >= 15 is 0 Å². The van der Waals surface area contributed by atoms with E-state index in [1.165, 1.54) is 0 Å². The summed E-state index contributed by atoms with van der Waals surface area (Å²) in [6.45, 7) is 11.8. The Morgan fingerprint density at radius 2 is 1.86 bits per heavy atom. The molecule has 0 spiro atoms. The molecule has 2 aliphatic rings. The Morgan fingerprint density at radius 1 is 1.17 bits per heavy atom. The van der Waals surface area contributed by atoms with E-state index in [0.717, 1.165) is 80.9 Å². The molecule has 1 saturated heterocycles. The SMILES string of the molecule is CC[C@]1(Nc2cc(Cl)cc(C(=O)NCc3c(C)cc(C)[nH]c3=O)c2C)CC[C@H](N2CCOCC2)CC1. The molecule has 1 aromatic heterocycles. The summed E-state index contributed by atoms with van der Waals surface area (Å²) in [7, 11) is 0. The predicted octanol–water partition coefficient (Wildman–Crippen LogP) is 4.72. The molecule has 2 aromatic rings. The summed E-state index contributed by atoms with van der Waals surface area (Å²) in [6, 6.07) is 6.16. The van der Waals surface area contributed by atoms with Crippen molar-refractivity contribution in [1.82, 2.24) is 15.2 Å². The van der Waals surface area contributed by atoms with E-state index in [4.69, 9.17) is 16.3 Å². The first kappa shape index (κ1) is 26.7. The highest BCUT2D eigenvalue weighted by Gasteiger charge is 2.36. The number of nitrogens with one attached hydrogen (secondary N) is 3. The van der Waals surface area contributed by atoms with Crippen LogP contribution < -0.4 is 16.2 Å². The molecular formula is C28H39ClN4O3. The number of amides is 1. The van der Waals surface area contributed by atoms with Gasteiger partial charge in [0.2, 0.25) is 0 Å². The molecule has 2 heterocycles. The largest absolute Gasteiger partial charge is 0.379 e. The number of carbonyl (C=O) groups excluding carboxylic acids is 1. The lowest BCUT2D eigenvalue weighted by molar-refractivity contribution is 0.00402. The molecular weight excluding hydrogens is 476 g/mol. The van der Waals surface area contributed by atoms with Crippen LogP contribution in [0.4, 0.5) is 5.69 Å². The Kier molecular flexibility index (Phi) is 8.43. The van der Waals surface area contributed by atoms with E-state index < -0.39 is 0 Å². The Hall–Kier alpha value is -2.35. The predicted molar refractivity (Wildman–Crippen MR) is 145 cm³/mol. The minimum atomic E-state index is -0.237. The first-order valence-electron chi connectivity index (χ1n) is 13.1. The maximum atomic E-state index is 13.2. The smallest absolute Gasteiger partial charge is 0.253 e. The molecule has 0 atom stereocenters. The highest BCUT2D eigenvalue weighted by molar-refractivity contribution is 6.31. The second kappa shape index (κ2) is 11.4. The minimum Gasteiger partial charge on any atom is -0.379 e. The van der Waals surface area contributed by atoms with Gasteiger partial charge < -0.3 is 20.4 Å². The number of carbonyl (C=O) groups is 1. The van der Waals surface area contributed by atoms with Crippen molar-refractivity contribution < 1.29 is 9.53 Å². The van der Waals surface area contributed by atoms with Crippen LogP contribution >= 0.6 is 11.6 Å². The topological polar surface area (TPSA) is 86.5 Å². The van der Waals surface area contributed by atoms with Crippen LogP contribution in [0.3, 0.4) is 0 Å². The number of rotatable bonds is 7. The van der Waals surface area contributed by atoms with Gasteiger partial charge in [-0.3, -0.25) is 14.5 Å². The Balaban J connectivity index is 1.47. The van der Waals surface area contributed by atoms with Crippen molar-refractivity contribution >= 4 is 23.2 Å². The number of aromatic amines is 1. The van der Waals surface area contributed by atoms with Crippen LogP contribution in [0, 0.1) is 20.8 Å². The Labute approximate surface area is 218 Å². The number of hydrogen-bond acceptors (Lipinski definition) is 5. The summed E-state index contributed by atoms with van der Waals surface area (Å²) in [5.41, 5.74) is 4.34. The van der Waals surface area contributed by atoms with E-state index in [1.807, 2.05) is 32.9 Å². The van der Waals surface area contributed by atoms with Gasteiger partial charge in [-0.25, -0.2) is 0 Å². The van der Waals surface area contributed by atoms with Gasteiger partial charge in [-0.15, -0.1) is 0 Å². The third-order valence-corrected chi connectivity index (χ3v) is 8.31. The van der Waals surface area contributed by atoms with E-state index in [2.05, 4.69) is 27.4 Å². The summed E-state index contributed by atoms with van der Waals surface area (Å²) in [5.74, 6) is -0.237. The van der Waals surface area contributed by atoms with Gasteiger partial charge in [0, 0.05) is 58.7 Å². The van der Waals surface area contributed by atoms with E-state index in [9.17, 15) is 9.59 Å². The number of aryl methyl sites for hydroxylation is 2. The third kappa shape index (κ3) is 5.96. The zero-order valence-electron chi connectivity index (χ0n) is 21.9. The van der Waals surface area contributed by atoms with Crippen molar-refractivity contribution in [3.63, 3.8) is 0 Å². The number of halogens is 1. The van der Waals surface area contributed by atoms with Crippen molar-refractivity contribution in [2.24, 2.45) is 0 Å². The van der Waals surface area contributed by atoms with Crippen LogP contribution in [0.5, 0.6) is 0 Å². The number of nitrogens with zero attached hydrogens (tertiary/aromatic N) is 1. The third-order valence-electron chi connectivity index (χ3n) is 8.09. The van der Waals surface area contributed by atoms with Crippen molar-refractivity contribution in [1.29, 1.82) is 0 Å². The lowest BCUT2D eigenvalue weighted by atomic mass is 9.76. The standard InChI is InChI=1S/C28H39ClN4O3/c1-5-28(8-6-22(7-9-28)33-10-12-36-13-11-33)32-25-16-21(29)15-23(20(25)4)26(34)30-17-24-18(2)14-19(3)31-27(24)35/h14-16,22,32H,5-13,17H2,1-4H3,(H,30,34)(H,31,35)/t22-,28-. The number of H-pyrrole nitrogens is 1.